The van der Waals surface area contributed by atoms with Crippen molar-refractivity contribution in [3.8, 4) is 0 Å². The zero-order chi connectivity index (χ0) is 18.1. The molecule has 0 aromatic carbocycles. The quantitative estimate of drug-likeness (QED) is 0.299. The average Bonchev–Trinajstić information content (AvgIpc) is 2.24. The van der Waals surface area contributed by atoms with Crippen LogP contribution in [0.1, 0.15) is 75.7 Å². The van der Waals surface area contributed by atoms with Gasteiger partial charge in [-0.15, -0.1) is 0 Å². The van der Waals surface area contributed by atoms with E-state index in [1.54, 1.807) is 0 Å². The summed E-state index contributed by atoms with van der Waals surface area (Å²) in [4.78, 5) is 0. The van der Waals surface area contributed by atoms with Gasteiger partial charge in [-0.2, -0.15) is 0 Å². The number of halogens is 2. The normalized spacial score (nSPS) is 15.7. The molecule has 0 nitrogen and oxygen atoms in total. The topological polar surface area (TPSA) is 0 Å². The van der Waals surface area contributed by atoms with E-state index in [-0.39, 0.29) is 29.0 Å². The molecule has 0 aromatic rings. The Morgan fingerprint density at radius 3 is 1.09 bits per heavy atom. The summed E-state index contributed by atoms with van der Waals surface area (Å²) in [6, 6.07) is 0. The third kappa shape index (κ3) is 12.3. The van der Waals surface area contributed by atoms with Gasteiger partial charge >= 0.3 is 33.3 Å². The molecular weight excluding hydrogens is 393 g/mol. The van der Waals surface area contributed by atoms with E-state index in [1.807, 2.05) is 0 Å². The standard InChI is InChI=1S/C17H38P2.2ClH.Fe/c1-14(2)18(16(5,6)7)12-11-13-19(15(3)4)17(8,9)10;;;/h14-15H,11-13H2,1-10H3;2*1H;/q;;;+2. The summed E-state index contributed by atoms with van der Waals surface area (Å²) >= 11 is 0.194. The molecule has 2 unspecified atom stereocenters. The summed E-state index contributed by atoms with van der Waals surface area (Å²) in [7, 11) is 9.07. The number of hydrogen-bond donors (Lipinski definition) is 0. The molecule has 0 rings (SSSR count). The first kappa shape index (κ1) is 26.2. The van der Waals surface area contributed by atoms with Crippen LogP contribution < -0.4 is 0 Å². The van der Waals surface area contributed by atoms with Crippen molar-refractivity contribution < 1.29 is 13.1 Å². The second kappa shape index (κ2) is 12.3. The van der Waals surface area contributed by atoms with E-state index in [0.29, 0.717) is 10.3 Å². The summed E-state index contributed by atoms with van der Waals surface area (Å²) in [5.74, 6) is 0. The Morgan fingerprint density at radius 2 is 0.955 bits per heavy atom. The van der Waals surface area contributed by atoms with Crippen LogP contribution in [-0.4, -0.2) is 34.0 Å². The average molecular weight is 433 g/mol. The van der Waals surface area contributed by atoms with Crippen LogP contribution in [0.25, 0.3) is 0 Å². The van der Waals surface area contributed by atoms with Gasteiger partial charge in [0, 0.05) is 22.3 Å². The molecule has 0 saturated carbocycles. The minimum absolute atomic E-state index is 0.194. The third-order valence-corrected chi connectivity index (χ3v) is 12.6. The van der Waals surface area contributed by atoms with Crippen LogP contribution in [0.2, 0.25) is 0 Å². The van der Waals surface area contributed by atoms with Crippen molar-refractivity contribution in [2.24, 2.45) is 0 Å². The monoisotopic (exact) mass is 432 g/mol. The Hall–Kier alpha value is 1.96. The number of rotatable bonds is 6. The van der Waals surface area contributed by atoms with Crippen LogP contribution in [-0.2, 0) is 13.1 Å². The summed E-state index contributed by atoms with van der Waals surface area (Å²) in [5, 5.41) is 1.12. The van der Waals surface area contributed by atoms with E-state index in [0.717, 1.165) is 11.3 Å². The molecule has 0 radical (unpaired) electrons. The zero-order valence-corrected chi connectivity index (χ0v) is 21.0. The fourth-order valence-corrected chi connectivity index (χ4v) is 11.1. The molecule has 22 heavy (non-hydrogen) atoms. The van der Waals surface area contributed by atoms with Gasteiger partial charge in [0.1, 0.15) is 0 Å². The molecule has 0 bridgehead atoms. The first-order valence-electron chi connectivity index (χ1n) is 8.36. The summed E-state index contributed by atoms with van der Waals surface area (Å²) in [5.41, 5.74) is 1.82. The van der Waals surface area contributed by atoms with Crippen molar-refractivity contribution in [3.63, 3.8) is 0 Å². The molecule has 0 aliphatic heterocycles. The maximum atomic E-state index is 4.76. The molecule has 0 heterocycles. The van der Waals surface area contributed by atoms with Crippen LogP contribution in [0.5, 0.6) is 0 Å². The van der Waals surface area contributed by atoms with Crippen LogP contribution in [0.15, 0.2) is 0 Å². The van der Waals surface area contributed by atoms with Crippen molar-refractivity contribution in [3.05, 3.63) is 0 Å². The van der Waals surface area contributed by atoms with Crippen molar-refractivity contribution >= 4 is 36.0 Å². The van der Waals surface area contributed by atoms with Crippen LogP contribution >= 0.6 is 36.0 Å². The number of hydrogen-bond acceptors (Lipinski definition) is 0. The Kier molecular flexibility index (Phi) is 14.7. The van der Waals surface area contributed by atoms with E-state index in [4.69, 9.17) is 20.2 Å². The van der Waals surface area contributed by atoms with Gasteiger partial charge in [-0.1, -0.05) is 0 Å². The fraction of sp³-hybridized carbons (Fsp3) is 1.00. The van der Waals surface area contributed by atoms with Gasteiger partial charge in [0.05, 0.1) is 34.0 Å². The molecule has 0 spiro atoms. The molecule has 0 saturated heterocycles. The van der Waals surface area contributed by atoms with Crippen LogP contribution in [0.4, 0.5) is 0 Å². The first-order chi connectivity index (χ1) is 9.78. The molecule has 0 fully saturated rings. The fourth-order valence-electron chi connectivity index (χ4n) is 3.53. The van der Waals surface area contributed by atoms with Gasteiger partial charge in [-0.25, -0.2) is 0 Å². The van der Waals surface area contributed by atoms with Crippen molar-refractivity contribution in [1.29, 1.82) is 0 Å². The molecule has 0 aliphatic carbocycles. The van der Waals surface area contributed by atoms with Crippen LogP contribution in [0.3, 0.4) is 0 Å². The van der Waals surface area contributed by atoms with Gasteiger partial charge in [0.15, 0.2) is 0 Å². The molecule has 0 aliphatic rings. The van der Waals surface area contributed by atoms with Crippen molar-refractivity contribution in [2.45, 2.75) is 97.3 Å². The van der Waals surface area contributed by atoms with Gasteiger partial charge in [0.2, 0.25) is 0 Å². The second-order valence-corrected chi connectivity index (χ2v) is 19.0. The van der Waals surface area contributed by atoms with E-state index < -0.39 is 0 Å². The SMILES string of the molecule is CC(C)[PH+](CCC[PH+](C(C)C)C(C)(C)C)C(C)(C)C.[Cl][Fe][Cl]. The molecule has 138 valence electrons. The predicted octanol–water partition coefficient (Wildman–Crippen LogP) is 7.60. The molecule has 0 amide bonds. The van der Waals surface area contributed by atoms with Crippen molar-refractivity contribution in [2.75, 3.05) is 12.3 Å². The minimum atomic E-state index is -0.227. The summed E-state index contributed by atoms with van der Waals surface area (Å²) < 4.78 is 0. The first-order valence-corrected chi connectivity index (χ1v) is 15.0. The van der Waals surface area contributed by atoms with E-state index in [9.17, 15) is 0 Å². The molecule has 0 N–H and O–H groups in total. The van der Waals surface area contributed by atoms with E-state index in [2.05, 4.69) is 69.2 Å². The summed E-state index contributed by atoms with van der Waals surface area (Å²) in [6.07, 6.45) is 4.51. The van der Waals surface area contributed by atoms with E-state index in [1.165, 1.54) is 18.7 Å². The van der Waals surface area contributed by atoms with Gasteiger partial charge < -0.3 is 0 Å². The molecule has 5 heteroatoms. The molecular formula is C17H40Cl2FeP2+2. The zero-order valence-electron chi connectivity index (χ0n) is 16.4. The van der Waals surface area contributed by atoms with Gasteiger partial charge in [-0.05, 0) is 69.2 Å². The Morgan fingerprint density at radius 1 is 0.727 bits per heavy atom. The van der Waals surface area contributed by atoms with Gasteiger partial charge in [-0.3, -0.25) is 0 Å². The Bertz CT molecular complexity index is 245. The summed E-state index contributed by atoms with van der Waals surface area (Å²) in [6.45, 7) is 24.5. The third-order valence-electron chi connectivity index (χ3n) is 4.21. The maximum absolute atomic E-state index is 4.76. The van der Waals surface area contributed by atoms with E-state index >= 15 is 0 Å². The van der Waals surface area contributed by atoms with Crippen molar-refractivity contribution in [1.82, 2.24) is 0 Å². The molecule has 2 atom stereocenters. The Balaban J connectivity index is 0. The van der Waals surface area contributed by atoms with Gasteiger partial charge in [0.25, 0.3) is 0 Å². The predicted molar refractivity (Wildman–Crippen MR) is 112 cm³/mol. The Labute approximate surface area is 158 Å². The van der Waals surface area contributed by atoms with Crippen LogP contribution in [0, 0.1) is 0 Å². The molecule has 0 aromatic heterocycles. The second-order valence-electron chi connectivity index (χ2n) is 8.76.